The molecule has 0 unspecified atom stereocenters. The number of benzene rings is 4. The number of hydrogen-bond acceptors (Lipinski definition) is 6. The van der Waals surface area contributed by atoms with Crippen molar-refractivity contribution < 1.29 is 23.7 Å². The van der Waals surface area contributed by atoms with Gasteiger partial charge in [-0.2, -0.15) is 0 Å². The highest BCUT2D eigenvalue weighted by atomic mass is 16.5. The van der Waals surface area contributed by atoms with E-state index in [1.807, 2.05) is 42.5 Å². The summed E-state index contributed by atoms with van der Waals surface area (Å²) in [6.45, 7) is 1.83. The standard InChI is InChI=1S/C34H37NO5/c1-35-18-17-27-21-31(37-3)33(40-23-25-13-9-6-10-14-25)34(38-4)32(27)28(35)19-26-15-16-29(36-2)30(20-26)39-22-24-11-7-5-8-12-24/h5-16,20-21,28H,17-19,22-23H2,1-4H3/t28-/m1/s1. The van der Waals surface area contributed by atoms with Crippen LogP contribution in [0.1, 0.15) is 33.9 Å². The highest BCUT2D eigenvalue weighted by molar-refractivity contribution is 5.61. The molecule has 1 atom stereocenters. The molecule has 0 amide bonds. The lowest BCUT2D eigenvalue weighted by molar-refractivity contribution is 0.214. The Labute approximate surface area is 237 Å². The largest absolute Gasteiger partial charge is 0.493 e. The molecular weight excluding hydrogens is 502 g/mol. The van der Waals surface area contributed by atoms with E-state index in [2.05, 4.69) is 54.4 Å². The summed E-state index contributed by atoms with van der Waals surface area (Å²) in [5, 5.41) is 0. The Balaban J connectivity index is 1.46. The maximum absolute atomic E-state index is 6.35. The predicted octanol–water partition coefficient (Wildman–Crippen LogP) is 6.64. The quantitative estimate of drug-likeness (QED) is 0.213. The molecule has 0 fully saturated rings. The molecule has 6 heteroatoms. The molecule has 0 aliphatic carbocycles. The summed E-state index contributed by atoms with van der Waals surface area (Å²) >= 11 is 0. The van der Waals surface area contributed by atoms with E-state index in [9.17, 15) is 0 Å². The van der Waals surface area contributed by atoms with Crippen LogP contribution in [0, 0.1) is 0 Å². The molecule has 0 aromatic heterocycles. The van der Waals surface area contributed by atoms with Gasteiger partial charge >= 0.3 is 0 Å². The van der Waals surface area contributed by atoms with E-state index in [1.165, 1.54) is 5.56 Å². The minimum Gasteiger partial charge on any atom is -0.493 e. The maximum atomic E-state index is 6.35. The van der Waals surface area contributed by atoms with Crippen LogP contribution in [0.4, 0.5) is 0 Å². The number of fused-ring (bicyclic) bond motifs is 1. The fraction of sp³-hybridized carbons (Fsp3) is 0.294. The summed E-state index contributed by atoms with van der Waals surface area (Å²) in [4.78, 5) is 2.38. The molecule has 4 aromatic carbocycles. The van der Waals surface area contributed by atoms with E-state index in [1.54, 1.807) is 21.3 Å². The summed E-state index contributed by atoms with van der Waals surface area (Å²) in [6, 6.07) is 28.7. The normalized spacial score (nSPS) is 14.8. The number of ether oxygens (including phenoxy) is 5. The fourth-order valence-electron chi connectivity index (χ4n) is 5.32. The monoisotopic (exact) mass is 539 g/mol. The van der Waals surface area contributed by atoms with Gasteiger partial charge in [0.15, 0.2) is 23.0 Å². The molecule has 0 radical (unpaired) electrons. The van der Waals surface area contributed by atoms with Crippen LogP contribution in [-0.4, -0.2) is 39.8 Å². The van der Waals surface area contributed by atoms with E-state index in [-0.39, 0.29) is 6.04 Å². The number of nitrogens with zero attached hydrogens (tertiary/aromatic N) is 1. The van der Waals surface area contributed by atoms with Crippen molar-refractivity contribution >= 4 is 0 Å². The van der Waals surface area contributed by atoms with Crippen LogP contribution in [0.15, 0.2) is 84.9 Å². The topological polar surface area (TPSA) is 49.4 Å². The van der Waals surface area contributed by atoms with Gasteiger partial charge in [-0.3, -0.25) is 4.90 Å². The van der Waals surface area contributed by atoms with Gasteiger partial charge in [0.25, 0.3) is 0 Å². The SMILES string of the molecule is COc1ccc(C[C@@H]2c3c(cc(OC)c(OCc4ccccc4)c3OC)CCN2C)cc1OCc1ccccc1. The van der Waals surface area contributed by atoms with Crippen molar-refractivity contribution in [3.8, 4) is 28.7 Å². The fourth-order valence-corrected chi connectivity index (χ4v) is 5.32. The van der Waals surface area contributed by atoms with Crippen LogP contribution in [0.2, 0.25) is 0 Å². The molecular formula is C34H37NO5. The molecule has 208 valence electrons. The molecule has 0 spiro atoms. The van der Waals surface area contributed by atoms with E-state index in [4.69, 9.17) is 23.7 Å². The van der Waals surface area contributed by atoms with E-state index >= 15 is 0 Å². The van der Waals surface area contributed by atoms with Crippen LogP contribution >= 0.6 is 0 Å². The minimum atomic E-state index is 0.0825. The summed E-state index contributed by atoms with van der Waals surface area (Å²) < 4.78 is 30.0. The lowest BCUT2D eigenvalue weighted by atomic mass is 9.87. The highest BCUT2D eigenvalue weighted by Crippen LogP contribution is 2.48. The Morgan fingerprint density at radius 2 is 1.30 bits per heavy atom. The van der Waals surface area contributed by atoms with Crippen molar-refractivity contribution in [1.82, 2.24) is 4.90 Å². The second kappa shape index (κ2) is 12.8. The molecule has 40 heavy (non-hydrogen) atoms. The smallest absolute Gasteiger partial charge is 0.204 e. The lowest BCUT2D eigenvalue weighted by Crippen LogP contribution is -2.34. The van der Waals surface area contributed by atoms with Crippen LogP contribution in [0.25, 0.3) is 0 Å². The number of methoxy groups -OCH3 is 3. The molecule has 1 heterocycles. The second-order valence-corrected chi connectivity index (χ2v) is 10.00. The number of rotatable bonds is 11. The first-order chi connectivity index (χ1) is 19.6. The van der Waals surface area contributed by atoms with Crippen molar-refractivity contribution in [2.75, 3.05) is 34.9 Å². The maximum Gasteiger partial charge on any atom is 0.204 e. The third-order valence-electron chi connectivity index (χ3n) is 7.47. The van der Waals surface area contributed by atoms with E-state index < -0.39 is 0 Å². The third kappa shape index (κ3) is 6.02. The van der Waals surface area contributed by atoms with Gasteiger partial charge in [-0.1, -0.05) is 66.7 Å². The van der Waals surface area contributed by atoms with Crippen molar-refractivity contribution in [3.63, 3.8) is 0 Å². The van der Waals surface area contributed by atoms with E-state index in [0.29, 0.717) is 24.7 Å². The molecule has 0 saturated carbocycles. The molecule has 1 aliphatic rings. The zero-order chi connectivity index (χ0) is 27.9. The van der Waals surface area contributed by atoms with Gasteiger partial charge in [-0.15, -0.1) is 0 Å². The van der Waals surface area contributed by atoms with Gasteiger partial charge in [-0.25, -0.2) is 0 Å². The molecule has 0 saturated heterocycles. The molecule has 5 rings (SSSR count). The van der Waals surface area contributed by atoms with Crippen LogP contribution < -0.4 is 23.7 Å². The third-order valence-corrected chi connectivity index (χ3v) is 7.47. The first-order valence-electron chi connectivity index (χ1n) is 13.6. The summed E-state index contributed by atoms with van der Waals surface area (Å²) in [7, 11) is 7.22. The Bertz CT molecular complexity index is 1410. The average Bonchev–Trinajstić information content (AvgIpc) is 3.00. The summed E-state index contributed by atoms with van der Waals surface area (Å²) in [6.07, 6.45) is 1.68. The van der Waals surface area contributed by atoms with Gasteiger partial charge in [0.1, 0.15) is 13.2 Å². The zero-order valence-electron chi connectivity index (χ0n) is 23.7. The van der Waals surface area contributed by atoms with Crippen molar-refractivity contribution in [2.45, 2.75) is 32.1 Å². The van der Waals surface area contributed by atoms with Gasteiger partial charge in [0.2, 0.25) is 5.75 Å². The van der Waals surface area contributed by atoms with Gasteiger partial charge in [0.05, 0.1) is 21.3 Å². The molecule has 1 aliphatic heterocycles. The first kappa shape index (κ1) is 27.4. The van der Waals surface area contributed by atoms with Gasteiger partial charge in [0, 0.05) is 18.2 Å². The predicted molar refractivity (Wildman–Crippen MR) is 157 cm³/mol. The van der Waals surface area contributed by atoms with Crippen molar-refractivity contribution in [1.29, 1.82) is 0 Å². The van der Waals surface area contributed by atoms with E-state index in [0.717, 1.165) is 58.9 Å². The second-order valence-electron chi connectivity index (χ2n) is 10.00. The Kier molecular flexibility index (Phi) is 8.77. The minimum absolute atomic E-state index is 0.0825. The zero-order valence-corrected chi connectivity index (χ0v) is 23.7. The first-order valence-corrected chi connectivity index (χ1v) is 13.6. The average molecular weight is 540 g/mol. The van der Waals surface area contributed by atoms with Crippen LogP contribution in [-0.2, 0) is 26.1 Å². The number of hydrogen-bond donors (Lipinski definition) is 0. The summed E-state index contributed by atoms with van der Waals surface area (Å²) in [5.41, 5.74) is 5.70. The van der Waals surface area contributed by atoms with Crippen LogP contribution in [0.5, 0.6) is 28.7 Å². The Morgan fingerprint density at radius 3 is 1.93 bits per heavy atom. The lowest BCUT2D eigenvalue weighted by Gasteiger charge is -2.36. The molecule has 6 nitrogen and oxygen atoms in total. The summed E-state index contributed by atoms with van der Waals surface area (Å²) in [5.74, 6) is 3.51. The Morgan fingerprint density at radius 1 is 0.650 bits per heavy atom. The Hall–Kier alpha value is -4.16. The molecule has 0 N–H and O–H groups in total. The van der Waals surface area contributed by atoms with Crippen molar-refractivity contribution in [3.05, 3.63) is 113 Å². The molecule has 0 bridgehead atoms. The number of likely N-dealkylation sites (N-methyl/N-ethyl adjacent to an activating group) is 1. The van der Waals surface area contributed by atoms with Gasteiger partial charge < -0.3 is 23.7 Å². The van der Waals surface area contributed by atoms with Crippen molar-refractivity contribution in [2.24, 2.45) is 0 Å². The highest BCUT2D eigenvalue weighted by Gasteiger charge is 2.32. The van der Waals surface area contributed by atoms with Crippen LogP contribution in [0.3, 0.4) is 0 Å². The van der Waals surface area contributed by atoms with Gasteiger partial charge in [-0.05, 0) is 60.3 Å². The molecule has 4 aromatic rings.